The summed E-state index contributed by atoms with van der Waals surface area (Å²) in [6.45, 7) is 7.78. The van der Waals surface area contributed by atoms with Crippen LogP contribution in [0.5, 0.6) is 0 Å². The Bertz CT molecular complexity index is 119. The van der Waals surface area contributed by atoms with Crippen LogP contribution in [0.15, 0.2) is 0 Å². The summed E-state index contributed by atoms with van der Waals surface area (Å²) in [6, 6.07) is 0. The van der Waals surface area contributed by atoms with E-state index in [9.17, 15) is 4.39 Å². The normalized spacial score (nSPS) is 20.2. The molecule has 0 aromatic rings. The van der Waals surface area contributed by atoms with Gasteiger partial charge in [0.2, 0.25) is 0 Å². The minimum absolute atomic E-state index is 0. The van der Waals surface area contributed by atoms with Gasteiger partial charge in [0.05, 0.1) is 0 Å². The molecule has 0 bridgehead atoms. The first-order valence-electron chi connectivity index (χ1n) is 4.20. The summed E-state index contributed by atoms with van der Waals surface area (Å²) in [7, 11) is 0. The molecule has 0 radical (unpaired) electrons. The molecule has 2 nitrogen and oxygen atoms in total. The third-order valence-corrected chi connectivity index (χ3v) is 1.81. The zero-order chi connectivity index (χ0) is 8.32. The highest BCUT2D eigenvalue weighted by Gasteiger charge is 2.21. The van der Waals surface area contributed by atoms with Crippen LogP contribution in [0.25, 0.3) is 0 Å². The quantitative estimate of drug-likeness (QED) is 0.711. The minimum Gasteiger partial charge on any atom is -0.314 e. The number of nitrogens with one attached hydrogen (secondary N) is 1. The Morgan fingerprint density at radius 2 is 1.83 bits per heavy atom. The van der Waals surface area contributed by atoms with Crippen LogP contribution >= 0.6 is 12.4 Å². The Hall–Kier alpha value is 0.140. The molecule has 0 aliphatic carbocycles. The van der Waals surface area contributed by atoms with Crippen LogP contribution in [0, 0.1) is 0 Å². The lowest BCUT2D eigenvalue weighted by atomic mass is 10.1. The van der Waals surface area contributed by atoms with Crippen LogP contribution in [-0.2, 0) is 0 Å². The van der Waals surface area contributed by atoms with Gasteiger partial charge in [0.25, 0.3) is 0 Å². The van der Waals surface area contributed by atoms with Crippen molar-refractivity contribution in [3.63, 3.8) is 0 Å². The monoisotopic (exact) mass is 196 g/mol. The Morgan fingerprint density at radius 3 is 2.25 bits per heavy atom. The predicted octanol–water partition coefficient (Wildman–Crippen LogP) is 1.06. The summed E-state index contributed by atoms with van der Waals surface area (Å²) >= 11 is 0. The highest BCUT2D eigenvalue weighted by Crippen LogP contribution is 2.10. The zero-order valence-corrected chi connectivity index (χ0v) is 8.59. The molecule has 1 saturated heterocycles. The average Bonchev–Trinajstić information content (AvgIpc) is 1.85. The van der Waals surface area contributed by atoms with Gasteiger partial charge in [-0.05, 0) is 13.8 Å². The maximum absolute atomic E-state index is 13.1. The van der Waals surface area contributed by atoms with Crippen molar-refractivity contribution in [3.8, 4) is 0 Å². The van der Waals surface area contributed by atoms with Crippen molar-refractivity contribution in [2.75, 3.05) is 32.7 Å². The summed E-state index contributed by atoms with van der Waals surface area (Å²) in [5.41, 5.74) is -1.04. The number of piperazine rings is 1. The Kier molecular flexibility index (Phi) is 5.06. The summed E-state index contributed by atoms with van der Waals surface area (Å²) < 4.78 is 13.1. The van der Waals surface area contributed by atoms with Crippen LogP contribution in [0.3, 0.4) is 0 Å². The van der Waals surface area contributed by atoms with E-state index in [1.54, 1.807) is 13.8 Å². The molecule has 0 saturated carbocycles. The SMILES string of the molecule is CC(C)(F)CN1CCNCC1.Cl. The molecule has 0 amide bonds. The fourth-order valence-corrected chi connectivity index (χ4v) is 1.40. The fraction of sp³-hybridized carbons (Fsp3) is 1.00. The molecule has 0 aromatic carbocycles. The summed E-state index contributed by atoms with van der Waals surface area (Å²) in [5.74, 6) is 0. The number of hydrogen-bond acceptors (Lipinski definition) is 2. The lowest BCUT2D eigenvalue weighted by Gasteiger charge is -2.30. The Morgan fingerprint density at radius 1 is 1.33 bits per heavy atom. The van der Waals surface area contributed by atoms with E-state index < -0.39 is 5.67 Å². The molecule has 74 valence electrons. The molecular formula is C8H18ClFN2. The van der Waals surface area contributed by atoms with Gasteiger partial charge in [-0.1, -0.05) is 0 Å². The van der Waals surface area contributed by atoms with Crippen molar-refractivity contribution in [1.82, 2.24) is 10.2 Å². The second-order valence-electron chi connectivity index (χ2n) is 3.74. The maximum atomic E-state index is 13.1. The molecule has 1 rings (SSSR count). The number of rotatable bonds is 2. The molecule has 4 heteroatoms. The third-order valence-electron chi connectivity index (χ3n) is 1.81. The van der Waals surface area contributed by atoms with Gasteiger partial charge in [-0.2, -0.15) is 0 Å². The summed E-state index contributed by atoms with van der Waals surface area (Å²) in [5, 5.41) is 3.24. The van der Waals surface area contributed by atoms with E-state index in [4.69, 9.17) is 0 Å². The zero-order valence-electron chi connectivity index (χ0n) is 7.77. The van der Waals surface area contributed by atoms with Gasteiger partial charge in [-0.15, -0.1) is 12.4 Å². The van der Waals surface area contributed by atoms with E-state index in [2.05, 4.69) is 10.2 Å². The smallest absolute Gasteiger partial charge is 0.118 e. The molecule has 1 aliphatic rings. The third kappa shape index (κ3) is 4.91. The number of hydrogen-bond donors (Lipinski definition) is 1. The number of nitrogens with zero attached hydrogens (tertiary/aromatic N) is 1. The second-order valence-corrected chi connectivity index (χ2v) is 3.74. The maximum Gasteiger partial charge on any atom is 0.118 e. The van der Waals surface area contributed by atoms with E-state index in [1.807, 2.05) is 0 Å². The van der Waals surface area contributed by atoms with Crippen molar-refractivity contribution >= 4 is 12.4 Å². The number of halogens is 2. The largest absolute Gasteiger partial charge is 0.314 e. The minimum atomic E-state index is -1.04. The van der Waals surface area contributed by atoms with Crippen LogP contribution < -0.4 is 5.32 Å². The Balaban J connectivity index is 0.00000121. The Labute approximate surface area is 79.9 Å². The molecule has 0 atom stereocenters. The van der Waals surface area contributed by atoms with Crippen molar-refractivity contribution in [2.45, 2.75) is 19.5 Å². The van der Waals surface area contributed by atoms with E-state index in [0.29, 0.717) is 6.54 Å². The number of alkyl halides is 1. The molecule has 0 aromatic heterocycles. The van der Waals surface area contributed by atoms with Crippen LogP contribution in [0.2, 0.25) is 0 Å². The van der Waals surface area contributed by atoms with Crippen molar-refractivity contribution < 1.29 is 4.39 Å². The molecule has 0 unspecified atom stereocenters. The van der Waals surface area contributed by atoms with E-state index in [-0.39, 0.29) is 12.4 Å². The highest BCUT2D eigenvalue weighted by atomic mass is 35.5. The summed E-state index contributed by atoms with van der Waals surface area (Å²) in [6.07, 6.45) is 0. The van der Waals surface area contributed by atoms with Crippen molar-refractivity contribution in [3.05, 3.63) is 0 Å². The lowest BCUT2D eigenvalue weighted by Crippen LogP contribution is -2.47. The van der Waals surface area contributed by atoms with Gasteiger partial charge in [0.1, 0.15) is 5.67 Å². The highest BCUT2D eigenvalue weighted by molar-refractivity contribution is 5.85. The average molecular weight is 197 g/mol. The van der Waals surface area contributed by atoms with Crippen LogP contribution in [-0.4, -0.2) is 43.3 Å². The molecule has 1 N–H and O–H groups in total. The summed E-state index contributed by atoms with van der Waals surface area (Å²) in [4.78, 5) is 2.16. The topological polar surface area (TPSA) is 15.3 Å². The van der Waals surface area contributed by atoms with Gasteiger partial charge >= 0.3 is 0 Å². The first-order chi connectivity index (χ1) is 5.08. The van der Waals surface area contributed by atoms with Gasteiger partial charge < -0.3 is 5.32 Å². The molecule has 1 fully saturated rings. The lowest BCUT2D eigenvalue weighted by molar-refractivity contribution is 0.116. The van der Waals surface area contributed by atoms with Crippen molar-refractivity contribution in [1.29, 1.82) is 0 Å². The predicted molar refractivity (Wildman–Crippen MR) is 51.7 cm³/mol. The van der Waals surface area contributed by atoms with Gasteiger partial charge in [-0.3, -0.25) is 4.90 Å². The van der Waals surface area contributed by atoms with E-state index in [1.165, 1.54) is 0 Å². The fourth-order valence-electron chi connectivity index (χ4n) is 1.40. The molecular weight excluding hydrogens is 179 g/mol. The molecule has 12 heavy (non-hydrogen) atoms. The van der Waals surface area contributed by atoms with Gasteiger partial charge in [0.15, 0.2) is 0 Å². The van der Waals surface area contributed by atoms with Crippen LogP contribution in [0.1, 0.15) is 13.8 Å². The molecule has 1 heterocycles. The van der Waals surface area contributed by atoms with Crippen LogP contribution in [0.4, 0.5) is 4.39 Å². The standard InChI is InChI=1S/C8H17FN2.ClH/c1-8(2,9)7-11-5-3-10-4-6-11;/h10H,3-7H2,1-2H3;1H. The first kappa shape index (κ1) is 12.1. The molecule has 0 spiro atoms. The van der Waals surface area contributed by atoms with E-state index in [0.717, 1.165) is 26.2 Å². The van der Waals surface area contributed by atoms with Gasteiger partial charge in [-0.25, -0.2) is 4.39 Å². The van der Waals surface area contributed by atoms with Crippen molar-refractivity contribution in [2.24, 2.45) is 0 Å². The van der Waals surface area contributed by atoms with Gasteiger partial charge in [0, 0.05) is 32.7 Å². The second kappa shape index (κ2) is 5.00. The van der Waals surface area contributed by atoms with E-state index >= 15 is 0 Å². The molecule has 1 aliphatic heterocycles. The first-order valence-corrected chi connectivity index (χ1v) is 4.20.